The zero-order chi connectivity index (χ0) is 18.8. The van der Waals surface area contributed by atoms with Gasteiger partial charge in [-0.25, -0.2) is 0 Å². The Labute approximate surface area is 141 Å². The number of rotatable bonds is 5. The van der Waals surface area contributed by atoms with Crippen LogP contribution < -0.4 is 4.18 Å². The van der Waals surface area contributed by atoms with Crippen LogP contribution in [-0.2, 0) is 22.0 Å². The van der Waals surface area contributed by atoms with Crippen LogP contribution in [0.15, 0.2) is 42.5 Å². The summed E-state index contributed by atoms with van der Waals surface area (Å²) in [5.74, 6) is -1.36. The molecule has 0 saturated carbocycles. The first-order valence-corrected chi connectivity index (χ1v) is 8.39. The van der Waals surface area contributed by atoms with E-state index in [4.69, 9.17) is 4.18 Å². The summed E-state index contributed by atoms with van der Waals surface area (Å²) in [6, 6.07) is 7.43. The molecular formula is C15H12F3NO5S. The molecule has 0 aliphatic carbocycles. The Hall–Kier alpha value is -2.62. The molecule has 0 spiro atoms. The van der Waals surface area contributed by atoms with Gasteiger partial charge in [0, 0.05) is 6.07 Å². The number of nitro benzene ring substituents is 1. The van der Waals surface area contributed by atoms with Crippen molar-refractivity contribution in [3.63, 3.8) is 0 Å². The first-order chi connectivity index (χ1) is 11.5. The summed E-state index contributed by atoms with van der Waals surface area (Å²) in [4.78, 5) is 10.2. The van der Waals surface area contributed by atoms with Gasteiger partial charge in [-0.15, -0.1) is 0 Å². The Morgan fingerprint density at radius 2 is 1.84 bits per heavy atom. The lowest BCUT2D eigenvalue weighted by Gasteiger charge is -2.10. The van der Waals surface area contributed by atoms with E-state index in [1.54, 1.807) is 6.92 Å². The van der Waals surface area contributed by atoms with Gasteiger partial charge in [-0.3, -0.25) is 10.1 Å². The van der Waals surface area contributed by atoms with Crippen LogP contribution in [0, 0.1) is 17.0 Å². The average molecular weight is 375 g/mol. The lowest BCUT2D eigenvalue weighted by molar-refractivity contribution is -0.385. The van der Waals surface area contributed by atoms with Crippen molar-refractivity contribution in [2.45, 2.75) is 18.9 Å². The number of hydrogen-bond donors (Lipinski definition) is 0. The molecule has 0 saturated heterocycles. The van der Waals surface area contributed by atoms with Crippen molar-refractivity contribution in [2.24, 2.45) is 0 Å². The van der Waals surface area contributed by atoms with E-state index in [-0.39, 0.29) is 5.56 Å². The number of nitrogens with zero attached hydrogens (tertiary/aromatic N) is 1. The summed E-state index contributed by atoms with van der Waals surface area (Å²) in [5.41, 5.74) is -1.17. The number of hydrogen-bond acceptors (Lipinski definition) is 5. The molecule has 0 aliphatic rings. The third kappa shape index (κ3) is 4.92. The zero-order valence-corrected chi connectivity index (χ0v) is 13.6. The van der Waals surface area contributed by atoms with E-state index in [0.717, 1.165) is 24.3 Å². The van der Waals surface area contributed by atoms with Crippen LogP contribution in [0.2, 0.25) is 0 Å². The highest BCUT2D eigenvalue weighted by atomic mass is 32.2. The average Bonchev–Trinajstić information content (AvgIpc) is 2.47. The maximum Gasteiger partial charge on any atom is 0.416 e. The Morgan fingerprint density at radius 3 is 2.44 bits per heavy atom. The molecule has 25 heavy (non-hydrogen) atoms. The first kappa shape index (κ1) is 18.7. The summed E-state index contributed by atoms with van der Waals surface area (Å²) in [7, 11) is -4.39. The van der Waals surface area contributed by atoms with Crippen molar-refractivity contribution >= 4 is 15.8 Å². The van der Waals surface area contributed by atoms with Gasteiger partial charge in [0.25, 0.3) is 0 Å². The van der Waals surface area contributed by atoms with E-state index in [1.165, 1.54) is 12.1 Å². The van der Waals surface area contributed by atoms with Gasteiger partial charge in [-0.1, -0.05) is 24.3 Å². The number of alkyl halides is 3. The third-order valence-corrected chi connectivity index (χ3v) is 4.25. The first-order valence-electron chi connectivity index (χ1n) is 6.81. The van der Waals surface area contributed by atoms with Crippen LogP contribution in [-0.4, -0.2) is 13.3 Å². The van der Waals surface area contributed by atoms with Crippen LogP contribution >= 0.6 is 0 Å². The maximum atomic E-state index is 12.7. The van der Waals surface area contributed by atoms with E-state index >= 15 is 0 Å². The fourth-order valence-electron chi connectivity index (χ4n) is 2.05. The predicted molar refractivity (Wildman–Crippen MR) is 82.5 cm³/mol. The van der Waals surface area contributed by atoms with Crippen molar-refractivity contribution < 1.29 is 30.7 Å². The van der Waals surface area contributed by atoms with Gasteiger partial charge in [-0.05, 0) is 30.2 Å². The zero-order valence-electron chi connectivity index (χ0n) is 12.8. The number of nitro groups is 1. The molecule has 6 nitrogen and oxygen atoms in total. The predicted octanol–water partition coefficient (Wildman–Crippen LogP) is 3.83. The monoisotopic (exact) mass is 375 g/mol. The minimum atomic E-state index is -4.61. The van der Waals surface area contributed by atoms with Crippen LogP contribution in [0.1, 0.15) is 16.7 Å². The molecule has 0 radical (unpaired) electrons. The Bertz CT molecular complexity index is 910. The van der Waals surface area contributed by atoms with Gasteiger partial charge in [0.1, 0.15) is 5.75 Å². The topological polar surface area (TPSA) is 86.5 Å². The largest absolute Gasteiger partial charge is 0.416 e. The third-order valence-electron chi connectivity index (χ3n) is 3.13. The van der Waals surface area contributed by atoms with E-state index in [0.29, 0.717) is 11.6 Å². The van der Waals surface area contributed by atoms with Crippen LogP contribution in [0.4, 0.5) is 18.9 Å². The SMILES string of the molecule is Cc1ccc(OS(=O)(=O)Cc2cccc(C(F)(F)F)c2)c([N+](=O)[O-])c1. The Kier molecular flexibility index (Phi) is 5.02. The molecule has 2 rings (SSSR count). The van der Waals surface area contributed by atoms with Crippen molar-refractivity contribution in [2.75, 3.05) is 0 Å². The number of halogens is 3. The number of aryl methyl sites for hydroxylation is 1. The minimum Gasteiger partial charge on any atom is -0.375 e. The number of benzene rings is 2. The molecule has 10 heteroatoms. The van der Waals surface area contributed by atoms with Crippen molar-refractivity contribution in [3.8, 4) is 5.75 Å². The van der Waals surface area contributed by atoms with Crippen LogP contribution in [0.25, 0.3) is 0 Å². The molecule has 134 valence electrons. The lowest BCUT2D eigenvalue weighted by Crippen LogP contribution is -2.14. The van der Waals surface area contributed by atoms with E-state index in [1.807, 2.05) is 0 Å². The van der Waals surface area contributed by atoms with Crippen molar-refractivity contribution in [1.82, 2.24) is 0 Å². The molecule has 0 fully saturated rings. The van der Waals surface area contributed by atoms with Crippen LogP contribution in [0.3, 0.4) is 0 Å². The van der Waals surface area contributed by atoms with E-state index in [2.05, 4.69) is 0 Å². The molecule has 0 unspecified atom stereocenters. The molecule has 2 aromatic rings. The molecule has 0 aliphatic heterocycles. The molecule has 0 bridgehead atoms. The fraction of sp³-hybridized carbons (Fsp3) is 0.200. The highest BCUT2D eigenvalue weighted by Gasteiger charge is 2.31. The van der Waals surface area contributed by atoms with Gasteiger partial charge in [-0.2, -0.15) is 21.6 Å². The molecule has 0 heterocycles. The van der Waals surface area contributed by atoms with Gasteiger partial charge in [0.15, 0.2) is 0 Å². The molecule has 0 amide bonds. The Balaban J connectivity index is 2.28. The Morgan fingerprint density at radius 1 is 1.16 bits per heavy atom. The van der Waals surface area contributed by atoms with E-state index in [9.17, 15) is 31.7 Å². The van der Waals surface area contributed by atoms with Gasteiger partial charge >= 0.3 is 22.0 Å². The van der Waals surface area contributed by atoms with Crippen molar-refractivity contribution in [1.29, 1.82) is 0 Å². The molecule has 0 aromatic heterocycles. The summed E-state index contributed by atoms with van der Waals surface area (Å²) in [5, 5.41) is 11.0. The van der Waals surface area contributed by atoms with E-state index < -0.39 is 44.0 Å². The highest BCUT2D eigenvalue weighted by molar-refractivity contribution is 7.86. The van der Waals surface area contributed by atoms with Gasteiger partial charge < -0.3 is 4.18 Å². The maximum absolute atomic E-state index is 12.7. The molecular weight excluding hydrogens is 363 g/mol. The second-order valence-electron chi connectivity index (χ2n) is 5.21. The smallest absolute Gasteiger partial charge is 0.375 e. The van der Waals surface area contributed by atoms with Gasteiger partial charge in [0.2, 0.25) is 5.75 Å². The molecule has 2 aromatic carbocycles. The van der Waals surface area contributed by atoms with Crippen molar-refractivity contribution in [3.05, 3.63) is 69.3 Å². The van der Waals surface area contributed by atoms with Crippen LogP contribution in [0.5, 0.6) is 5.75 Å². The summed E-state index contributed by atoms with van der Waals surface area (Å²) < 4.78 is 66.9. The second-order valence-corrected chi connectivity index (χ2v) is 6.78. The molecule has 0 N–H and O–H groups in total. The lowest BCUT2D eigenvalue weighted by atomic mass is 10.1. The molecule has 0 atom stereocenters. The quantitative estimate of drug-likeness (QED) is 0.450. The highest BCUT2D eigenvalue weighted by Crippen LogP contribution is 2.31. The standard InChI is InChI=1S/C15H12F3NO5S/c1-10-5-6-14(13(7-10)19(20)21)24-25(22,23)9-11-3-2-4-12(8-11)15(16,17)18/h2-8H,9H2,1H3. The normalized spacial score (nSPS) is 12.0. The fourth-order valence-corrected chi connectivity index (χ4v) is 3.11. The summed E-state index contributed by atoms with van der Waals surface area (Å²) in [6.45, 7) is 1.58. The summed E-state index contributed by atoms with van der Waals surface area (Å²) in [6.07, 6.45) is -4.61. The minimum absolute atomic E-state index is 0.149. The second kappa shape index (κ2) is 6.71. The van der Waals surface area contributed by atoms with Gasteiger partial charge in [0.05, 0.1) is 10.5 Å². The summed E-state index contributed by atoms with van der Waals surface area (Å²) >= 11 is 0.